The van der Waals surface area contributed by atoms with E-state index in [4.69, 9.17) is 0 Å². The lowest BCUT2D eigenvalue weighted by molar-refractivity contribution is -0.117. The second kappa shape index (κ2) is 5.46. The van der Waals surface area contributed by atoms with Crippen molar-refractivity contribution in [2.75, 3.05) is 11.4 Å². The number of likely N-dealkylation sites (tertiary alicyclic amines) is 1. The van der Waals surface area contributed by atoms with Crippen molar-refractivity contribution in [3.63, 3.8) is 0 Å². The van der Waals surface area contributed by atoms with Gasteiger partial charge in [-0.2, -0.15) is 0 Å². The number of hydrogen-bond donors (Lipinski definition) is 0. The van der Waals surface area contributed by atoms with Crippen LogP contribution in [-0.2, 0) is 11.3 Å². The number of amides is 1. The molecule has 2 aromatic heterocycles. The molecule has 4 rings (SSSR count). The summed E-state index contributed by atoms with van der Waals surface area (Å²) in [6.07, 6.45) is 8.29. The van der Waals surface area contributed by atoms with Crippen LogP contribution in [0.4, 0.5) is 5.69 Å². The molecular formula is C16H17N5O. The first kappa shape index (κ1) is 13.3. The first-order chi connectivity index (χ1) is 10.8. The standard InChI is InChI=1S/C16H17N5O/c22-16-7-15-14(21(16)13-8-17-11-18-9-13)4-6-20(15)10-12-3-1-2-5-19-12/h1-3,5,8-9,11,14-15H,4,6-7,10H2/t14-,15-/m0/s1. The van der Waals surface area contributed by atoms with Gasteiger partial charge in [-0.05, 0) is 18.6 Å². The summed E-state index contributed by atoms with van der Waals surface area (Å²) in [4.78, 5) is 29.1. The van der Waals surface area contributed by atoms with Crippen molar-refractivity contribution in [2.24, 2.45) is 0 Å². The Morgan fingerprint density at radius 3 is 2.82 bits per heavy atom. The number of hydrogen-bond acceptors (Lipinski definition) is 5. The van der Waals surface area contributed by atoms with Gasteiger partial charge >= 0.3 is 0 Å². The summed E-state index contributed by atoms with van der Waals surface area (Å²) in [7, 11) is 0. The smallest absolute Gasteiger partial charge is 0.229 e. The Morgan fingerprint density at radius 2 is 2.05 bits per heavy atom. The van der Waals surface area contributed by atoms with Crippen LogP contribution < -0.4 is 4.90 Å². The molecule has 2 fully saturated rings. The van der Waals surface area contributed by atoms with E-state index in [1.54, 1.807) is 12.4 Å². The quantitative estimate of drug-likeness (QED) is 0.853. The zero-order valence-corrected chi connectivity index (χ0v) is 12.2. The molecule has 0 spiro atoms. The van der Waals surface area contributed by atoms with Gasteiger partial charge in [0.05, 0.1) is 29.8 Å². The molecule has 4 heterocycles. The Labute approximate surface area is 128 Å². The van der Waals surface area contributed by atoms with Crippen LogP contribution in [-0.4, -0.2) is 44.4 Å². The molecular weight excluding hydrogens is 278 g/mol. The van der Waals surface area contributed by atoms with Gasteiger partial charge in [0.15, 0.2) is 0 Å². The monoisotopic (exact) mass is 295 g/mol. The predicted molar refractivity (Wildman–Crippen MR) is 81.0 cm³/mol. The lowest BCUT2D eigenvalue weighted by Crippen LogP contribution is -2.37. The fraction of sp³-hybridized carbons (Fsp3) is 0.375. The Bertz CT molecular complexity index is 663. The minimum Gasteiger partial charge on any atom is -0.305 e. The SMILES string of the molecule is O=C1C[C@H]2[C@H](CCN2Cc2ccccn2)N1c1cncnc1. The molecule has 1 amide bonds. The molecule has 0 saturated carbocycles. The van der Waals surface area contributed by atoms with Gasteiger partial charge in [0.1, 0.15) is 6.33 Å². The summed E-state index contributed by atoms with van der Waals surface area (Å²) >= 11 is 0. The number of carbonyl (C=O) groups is 1. The van der Waals surface area contributed by atoms with E-state index in [1.165, 1.54) is 6.33 Å². The highest BCUT2D eigenvalue weighted by atomic mass is 16.2. The number of carbonyl (C=O) groups excluding carboxylic acids is 1. The molecule has 6 heteroatoms. The number of anilines is 1. The van der Waals surface area contributed by atoms with Crippen LogP contribution >= 0.6 is 0 Å². The highest BCUT2D eigenvalue weighted by molar-refractivity contribution is 5.97. The number of nitrogens with zero attached hydrogens (tertiary/aromatic N) is 5. The molecule has 112 valence electrons. The molecule has 2 saturated heterocycles. The Hall–Kier alpha value is -2.34. The van der Waals surface area contributed by atoms with Crippen LogP contribution in [0.15, 0.2) is 43.1 Å². The second-order valence-electron chi connectivity index (χ2n) is 5.78. The van der Waals surface area contributed by atoms with E-state index in [-0.39, 0.29) is 18.0 Å². The highest BCUT2D eigenvalue weighted by Gasteiger charge is 2.47. The fourth-order valence-corrected chi connectivity index (χ4v) is 3.58. The first-order valence-electron chi connectivity index (χ1n) is 7.54. The molecule has 22 heavy (non-hydrogen) atoms. The maximum atomic E-state index is 12.4. The third-order valence-corrected chi connectivity index (χ3v) is 4.53. The van der Waals surface area contributed by atoms with Gasteiger partial charge in [-0.15, -0.1) is 0 Å². The third-order valence-electron chi connectivity index (χ3n) is 4.53. The number of aromatic nitrogens is 3. The largest absolute Gasteiger partial charge is 0.305 e. The van der Waals surface area contributed by atoms with Crippen molar-refractivity contribution in [2.45, 2.75) is 31.5 Å². The van der Waals surface area contributed by atoms with E-state index in [2.05, 4.69) is 19.9 Å². The van der Waals surface area contributed by atoms with Gasteiger partial charge in [0, 0.05) is 31.7 Å². The lowest BCUT2D eigenvalue weighted by Gasteiger charge is -2.24. The van der Waals surface area contributed by atoms with E-state index in [9.17, 15) is 4.79 Å². The maximum absolute atomic E-state index is 12.4. The summed E-state index contributed by atoms with van der Waals surface area (Å²) < 4.78 is 0. The van der Waals surface area contributed by atoms with Crippen molar-refractivity contribution in [3.05, 3.63) is 48.8 Å². The van der Waals surface area contributed by atoms with Crippen molar-refractivity contribution in [3.8, 4) is 0 Å². The zero-order valence-electron chi connectivity index (χ0n) is 12.2. The number of rotatable bonds is 3. The molecule has 2 aromatic rings. The van der Waals surface area contributed by atoms with E-state index in [1.807, 2.05) is 29.3 Å². The molecule has 0 bridgehead atoms. The van der Waals surface area contributed by atoms with Gasteiger partial charge in [0.2, 0.25) is 5.91 Å². The molecule has 2 aliphatic heterocycles. The van der Waals surface area contributed by atoms with Crippen molar-refractivity contribution >= 4 is 11.6 Å². The zero-order chi connectivity index (χ0) is 14.9. The van der Waals surface area contributed by atoms with Crippen LogP contribution in [0.25, 0.3) is 0 Å². The van der Waals surface area contributed by atoms with E-state index in [0.29, 0.717) is 6.42 Å². The lowest BCUT2D eigenvalue weighted by atomic mass is 10.1. The molecule has 2 aliphatic rings. The molecule has 0 N–H and O–H groups in total. The third kappa shape index (κ3) is 2.25. The molecule has 0 aliphatic carbocycles. The summed E-state index contributed by atoms with van der Waals surface area (Å²) in [5.41, 5.74) is 1.86. The number of pyridine rings is 1. The van der Waals surface area contributed by atoms with Gasteiger partial charge < -0.3 is 4.90 Å². The summed E-state index contributed by atoms with van der Waals surface area (Å²) in [6, 6.07) is 6.44. The highest BCUT2D eigenvalue weighted by Crippen LogP contribution is 2.35. The van der Waals surface area contributed by atoms with Crippen molar-refractivity contribution < 1.29 is 4.79 Å². The average molecular weight is 295 g/mol. The number of fused-ring (bicyclic) bond motifs is 1. The minimum absolute atomic E-state index is 0.163. The first-order valence-corrected chi connectivity index (χ1v) is 7.54. The molecule has 2 atom stereocenters. The average Bonchev–Trinajstić information content (AvgIpc) is 3.08. The summed E-state index contributed by atoms with van der Waals surface area (Å²) in [5, 5.41) is 0. The molecule has 6 nitrogen and oxygen atoms in total. The summed E-state index contributed by atoms with van der Waals surface area (Å²) in [5.74, 6) is 0.163. The van der Waals surface area contributed by atoms with Gasteiger partial charge in [-0.1, -0.05) is 6.07 Å². The van der Waals surface area contributed by atoms with E-state index in [0.717, 1.165) is 30.9 Å². The Morgan fingerprint density at radius 1 is 1.18 bits per heavy atom. The molecule has 0 radical (unpaired) electrons. The van der Waals surface area contributed by atoms with Crippen LogP contribution in [0.1, 0.15) is 18.5 Å². The topological polar surface area (TPSA) is 62.2 Å². The van der Waals surface area contributed by atoms with Gasteiger partial charge in [-0.25, -0.2) is 9.97 Å². The van der Waals surface area contributed by atoms with Gasteiger partial charge in [0.25, 0.3) is 0 Å². The van der Waals surface area contributed by atoms with Crippen LogP contribution in [0.3, 0.4) is 0 Å². The molecule has 0 aromatic carbocycles. The normalized spacial score (nSPS) is 24.7. The minimum atomic E-state index is 0.163. The van der Waals surface area contributed by atoms with E-state index >= 15 is 0 Å². The van der Waals surface area contributed by atoms with Crippen LogP contribution in [0.5, 0.6) is 0 Å². The second-order valence-corrected chi connectivity index (χ2v) is 5.78. The van der Waals surface area contributed by atoms with Crippen LogP contribution in [0.2, 0.25) is 0 Å². The summed E-state index contributed by atoms with van der Waals surface area (Å²) in [6.45, 7) is 1.79. The van der Waals surface area contributed by atoms with Crippen LogP contribution in [0, 0.1) is 0 Å². The van der Waals surface area contributed by atoms with Gasteiger partial charge in [-0.3, -0.25) is 14.7 Å². The predicted octanol–water partition coefficient (Wildman–Crippen LogP) is 1.25. The Kier molecular flexibility index (Phi) is 3.31. The van der Waals surface area contributed by atoms with Crippen molar-refractivity contribution in [1.82, 2.24) is 19.9 Å². The maximum Gasteiger partial charge on any atom is 0.229 e. The Balaban J connectivity index is 1.54. The van der Waals surface area contributed by atoms with E-state index < -0.39 is 0 Å². The fourth-order valence-electron chi connectivity index (χ4n) is 3.58. The van der Waals surface area contributed by atoms with Crippen molar-refractivity contribution in [1.29, 1.82) is 0 Å². The molecule has 0 unspecified atom stereocenters.